The Balaban J connectivity index is 1.09. The average molecular weight is 697 g/mol. The summed E-state index contributed by atoms with van der Waals surface area (Å²) < 4.78 is 9.03. The molecule has 0 N–H and O–H groups in total. The highest BCUT2D eigenvalue weighted by Gasteiger charge is 2.20. The van der Waals surface area contributed by atoms with Crippen LogP contribution >= 0.6 is 0 Å². The maximum atomic E-state index is 6.64. The topological polar surface area (TPSA) is 56.7 Å². The van der Waals surface area contributed by atoms with Crippen molar-refractivity contribution in [2.45, 2.75) is 26.2 Å². The van der Waals surface area contributed by atoms with Crippen molar-refractivity contribution in [1.29, 1.82) is 0 Å². The van der Waals surface area contributed by atoms with Crippen LogP contribution in [0.1, 0.15) is 25.3 Å². The van der Waals surface area contributed by atoms with Crippen LogP contribution in [0.5, 0.6) is 0 Å². The van der Waals surface area contributed by atoms with E-state index in [1.54, 1.807) is 0 Å². The van der Waals surface area contributed by atoms with Gasteiger partial charge in [0.15, 0.2) is 23.1 Å². The molecule has 3 aromatic heterocycles. The van der Waals surface area contributed by atoms with E-state index in [9.17, 15) is 0 Å². The maximum Gasteiger partial charge on any atom is 0.164 e. The third-order valence-corrected chi connectivity index (χ3v) is 10.4. The summed E-state index contributed by atoms with van der Waals surface area (Å²) in [4.78, 5) is 14.8. The lowest BCUT2D eigenvalue weighted by molar-refractivity contribution is 0.671. The minimum absolute atomic E-state index is 0.639. The summed E-state index contributed by atoms with van der Waals surface area (Å²) in [5.74, 6) is 1.94. The van der Waals surface area contributed by atoms with Gasteiger partial charge in [-0.15, -0.1) is 0 Å². The highest BCUT2D eigenvalue weighted by atomic mass is 16.3. The van der Waals surface area contributed by atoms with Gasteiger partial charge in [-0.05, 0) is 65.9 Å². The van der Waals surface area contributed by atoms with Crippen molar-refractivity contribution >= 4 is 43.7 Å². The molecular formula is C49H36N4O. The van der Waals surface area contributed by atoms with Gasteiger partial charge < -0.3 is 8.98 Å². The second kappa shape index (κ2) is 13.3. The fraction of sp³-hybridized carbons (Fsp3) is 0.0816. The first-order valence-corrected chi connectivity index (χ1v) is 18.7. The monoisotopic (exact) mass is 696 g/mol. The first-order chi connectivity index (χ1) is 26.7. The number of fused-ring (bicyclic) bond motifs is 7. The number of aryl methyl sites for hydroxylation is 1. The van der Waals surface area contributed by atoms with Crippen LogP contribution in [0.3, 0.4) is 0 Å². The van der Waals surface area contributed by atoms with Crippen molar-refractivity contribution in [2.24, 2.45) is 0 Å². The first kappa shape index (κ1) is 31.9. The van der Waals surface area contributed by atoms with Gasteiger partial charge in [-0.1, -0.05) is 141 Å². The van der Waals surface area contributed by atoms with Crippen LogP contribution in [0.15, 0.2) is 168 Å². The zero-order valence-corrected chi connectivity index (χ0v) is 29.9. The molecule has 10 rings (SSSR count). The number of benzene rings is 7. The second-order valence-corrected chi connectivity index (χ2v) is 13.9. The molecule has 5 nitrogen and oxygen atoms in total. The molecular weight excluding hydrogens is 661 g/mol. The molecule has 0 fully saturated rings. The van der Waals surface area contributed by atoms with E-state index in [-0.39, 0.29) is 0 Å². The van der Waals surface area contributed by atoms with Crippen LogP contribution in [0.2, 0.25) is 0 Å². The second-order valence-electron chi connectivity index (χ2n) is 13.9. The molecule has 5 heteroatoms. The number of hydrogen-bond acceptors (Lipinski definition) is 4. The standard InChI is InChI=1S/C49H36N4O/c1-2-3-13-32-22-27-39-41-28-29-42-40-20-10-11-21-44(40)54-46(42)45(41)53(43(39)30-32)38-25-23-33(24-26-38)36-18-12-19-37(31-36)49-51-47(34-14-6-4-7-15-34)50-48(52-49)35-16-8-5-9-17-35/h4-12,14-31H,2-3,13H2,1H3. The molecule has 0 aliphatic carbocycles. The van der Waals surface area contributed by atoms with E-state index in [2.05, 4.69) is 109 Å². The summed E-state index contributed by atoms with van der Waals surface area (Å²) in [6.45, 7) is 2.25. The normalized spacial score (nSPS) is 11.6. The van der Waals surface area contributed by atoms with E-state index in [4.69, 9.17) is 19.4 Å². The molecule has 0 aliphatic rings. The third-order valence-electron chi connectivity index (χ3n) is 10.4. The van der Waals surface area contributed by atoms with Crippen molar-refractivity contribution < 1.29 is 4.42 Å². The smallest absolute Gasteiger partial charge is 0.164 e. The van der Waals surface area contributed by atoms with Crippen molar-refractivity contribution in [3.63, 3.8) is 0 Å². The molecule has 3 heterocycles. The Morgan fingerprint density at radius 3 is 1.81 bits per heavy atom. The number of para-hydroxylation sites is 1. The van der Waals surface area contributed by atoms with Crippen LogP contribution < -0.4 is 0 Å². The number of aromatic nitrogens is 4. The summed E-state index contributed by atoms with van der Waals surface area (Å²) in [5, 5.41) is 4.69. The SMILES string of the molecule is CCCCc1ccc2c3ccc4c5ccccc5oc4c3n(-c3ccc(-c4cccc(-c5nc(-c6ccccc6)nc(-c6ccccc6)n5)c4)cc3)c2c1. The Labute approximate surface area is 313 Å². The number of unbranched alkanes of at least 4 members (excludes halogenated alkanes) is 1. The Morgan fingerprint density at radius 1 is 0.481 bits per heavy atom. The molecule has 10 aromatic rings. The number of hydrogen-bond donors (Lipinski definition) is 0. The fourth-order valence-electron chi connectivity index (χ4n) is 7.71. The van der Waals surface area contributed by atoms with Crippen molar-refractivity contribution in [1.82, 2.24) is 19.5 Å². The molecule has 258 valence electrons. The highest BCUT2D eigenvalue weighted by molar-refractivity contribution is 6.21. The zero-order chi connectivity index (χ0) is 36.0. The van der Waals surface area contributed by atoms with E-state index in [0.717, 1.165) is 67.4 Å². The van der Waals surface area contributed by atoms with Gasteiger partial charge in [0.1, 0.15) is 5.58 Å². The molecule has 0 amide bonds. The van der Waals surface area contributed by atoms with Crippen molar-refractivity contribution in [3.05, 3.63) is 169 Å². The fourth-order valence-corrected chi connectivity index (χ4v) is 7.71. The molecule has 0 atom stereocenters. The van der Waals surface area contributed by atoms with E-state index in [1.807, 2.05) is 66.7 Å². The predicted octanol–water partition coefficient (Wildman–Crippen LogP) is 12.9. The lowest BCUT2D eigenvalue weighted by Crippen LogP contribution is -2.00. The van der Waals surface area contributed by atoms with E-state index >= 15 is 0 Å². The summed E-state index contributed by atoms with van der Waals surface area (Å²) in [6.07, 6.45) is 3.39. The minimum Gasteiger partial charge on any atom is -0.454 e. The van der Waals surface area contributed by atoms with E-state index < -0.39 is 0 Å². The van der Waals surface area contributed by atoms with Crippen LogP contribution in [-0.4, -0.2) is 19.5 Å². The Morgan fingerprint density at radius 2 is 1.09 bits per heavy atom. The Kier molecular flexibility index (Phi) is 7.84. The molecule has 0 bridgehead atoms. The van der Waals surface area contributed by atoms with Crippen LogP contribution in [0, 0.1) is 0 Å². The van der Waals surface area contributed by atoms with Gasteiger partial charge in [0.2, 0.25) is 0 Å². The van der Waals surface area contributed by atoms with Gasteiger partial charge in [0.25, 0.3) is 0 Å². The minimum atomic E-state index is 0.639. The van der Waals surface area contributed by atoms with Gasteiger partial charge in [-0.2, -0.15) is 0 Å². The van der Waals surface area contributed by atoms with Crippen molar-refractivity contribution in [3.8, 4) is 51.0 Å². The van der Waals surface area contributed by atoms with Crippen LogP contribution in [0.4, 0.5) is 0 Å². The van der Waals surface area contributed by atoms with Gasteiger partial charge >= 0.3 is 0 Å². The molecule has 0 aliphatic heterocycles. The average Bonchev–Trinajstić information content (AvgIpc) is 3.79. The third kappa shape index (κ3) is 5.53. The molecule has 0 saturated heterocycles. The highest BCUT2D eigenvalue weighted by Crippen LogP contribution is 2.41. The zero-order valence-electron chi connectivity index (χ0n) is 29.9. The Bertz CT molecular complexity index is 2900. The van der Waals surface area contributed by atoms with Gasteiger partial charge in [-0.25, -0.2) is 15.0 Å². The molecule has 0 unspecified atom stereocenters. The van der Waals surface area contributed by atoms with Gasteiger partial charge in [0, 0.05) is 43.9 Å². The van der Waals surface area contributed by atoms with Gasteiger partial charge in [-0.3, -0.25) is 0 Å². The summed E-state index contributed by atoms with van der Waals surface area (Å²) in [7, 11) is 0. The molecule has 7 aromatic carbocycles. The summed E-state index contributed by atoms with van der Waals surface area (Å²) >= 11 is 0. The van der Waals surface area contributed by atoms with Crippen molar-refractivity contribution in [2.75, 3.05) is 0 Å². The van der Waals surface area contributed by atoms with Crippen LogP contribution in [0.25, 0.3) is 94.7 Å². The first-order valence-electron chi connectivity index (χ1n) is 18.7. The van der Waals surface area contributed by atoms with E-state index in [0.29, 0.717) is 17.5 Å². The lowest BCUT2D eigenvalue weighted by Gasteiger charge is -2.11. The quantitative estimate of drug-likeness (QED) is 0.159. The molecule has 54 heavy (non-hydrogen) atoms. The predicted molar refractivity (Wildman–Crippen MR) is 222 cm³/mol. The van der Waals surface area contributed by atoms with E-state index in [1.165, 1.54) is 34.7 Å². The molecule has 0 saturated carbocycles. The summed E-state index contributed by atoms with van der Waals surface area (Å²) in [6, 6.07) is 57.3. The molecule has 0 radical (unpaired) electrons. The number of furan rings is 1. The molecule has 0 spiro atoms. The maximum absolute atomic E-state index is 6.64. The number of rotatable bonds is 8. The Hall–Kier alpha value is -6.85. The van der Waals surface area contributed by atoms with Gasteiger partial charge in [0.05, 0.1) is 11.0 Å². The number of nitrogens with zero attached hydrogens (tertiary/aromatic N) is 4. The lowest BCUT2D eigenvalue weighted by atomic mass is 10.0. The van der Waals surface area contributed by atoms with Crippen LogP contribution in [-0.2, 0) is 6.42 Å². The largest absolute Gasteiger partial charge is 0.454 e. The summed E-state index contributed by atoms with van der Waals surface area (Å²) in [5.41, 5.74) is 11.6.